The second-order valence-electron chi connectivity index (χ2n) is 6.30. The van der Waals surface area contributed by atoms with Gasteiger partial charge < -0.3 is 4.74 Å². The van der Waals surface area contributed by atoms with E-state index in [-0.39, 0.29) is 11.4 Å². The van der Waals surface area contributed by atoms with Crippen molar-refractivity contribution < 1.29 is 17.9 Å². The lowest BCUT2D eigenvalue weighted by molar-refractivity contribution is -0.121. The number of rotatable bonds is 7. The van der Waals surface area contributed by atoms with Crippen molar-refractivity contribution in [1.82, 2.24) is 9.73 Å². The lowest BCUT2D eigenvalue weighted by Gasteiger charge is -2.16. The molecule has 7 nitrogen and oxygen atoms in total. The number of fused-ring (bicyclic) bond motifs is 1. The van der Waals surface area contributed by atoms with Crippen LogP contribution in [0.1, 0.15) is 5.56 Å². The van der Waals surface area contributed by atoms with Crippen molar-refractivity contribution in [1.29, 1.82) is 0 Å². The third-order valence-electron chi connectivity index (χ3n) is 4.35. The standard InChI is InChI=1S/C21H21N3O4S/c1-24(29(26,27)19-12-10-18(28-2)11-13-19)15-21(25)23-22-14-17-8-5-7-16-6-3-4-9-20(16)17/h3-14H,15H2,1-2H3,(H,23,25)/b22-14-. The molecule has 0 aliphatic carbocycles. The number of hydrogen-bond acceptors (Lipinski definition) is 5. The Hall–Kier alpha value is -3.23. The lowest BCUT2D eigenvalue weighted by atomic mass is 10.1. The Morgan fingerprint density at radius 3 is 2.48 bits per heavy atom. The van der Waals surface area contributed by atoms with E-state index in [2.05, 4.69) is 10.5 Å². The molecule has 3 aromatic rings. The molecule has 1 amide bonds. The highest BCUT2D eigenvalue weighted by Gasteiger charge is 2.22. The molecule has 0 spiro atoms. The van der Waals surface area contributed by atoms with Crippen molar-refractivity contribution in [2.45, 2.75) is 4.90 Å². The number of nitrogens with zero attached hydrogens (tertiary/aromatic N) is 2. The molecule has 0 aromatic heterocycles. The molecule has 0 bridgehead atoms. The van der Waals surface area contributed by atoms with Gasteiger partial charge in [0.2, 0.25) is 10.0 Å². The Labute approximate surface area is 169 Å². The quantitative estimate of drug-likeness (QED) is 0.478. The molecular formula is C21H21N3O4S. The van der Waals surface area contributed by atoms with Gasteiger partial charge in [-0.2, -0.15) is 9.41 Å². The first-order valence-electron chi connectivity index (χ1n) is 8.82. The first-order valence-corrected chi connectivity index (χ1v) is 10.3. The van der Waals surface area contributed by atoms with Crippen molar-refractivity contribution in [2.24, 2.45) is 5.10 Å². The number of likely N-dealkylation sites (N-methyl/N-ethyl adjacent to an activating group) is 1. The number of methoxy groups -OCH3 is 1. The van der Waals surface area contributed by atoms with Crippen LogP contribution in [0, 0.1) is 0 Å². The summed E-state index contributed by atoms with van der Waals surface area (Å²) in [6.07, 6.45) is 1.54. The van der Waals surface area contributed by atoms with E-state index in [1.165, 1.54) is 32.5 Å². The zero-order valence-electron chi connectivity index (χ0n) is 16.1. The SMILES string of the molecule is COc1ccc(S(=O)(=O)N(C)CC(=O)N/N=C\c2cccc3ccccc23)cc1. The average Bonchev–Trinajstić information content (AvgIpc) is 2.74. The molecule has 8 heteroatoms. The summed E-state index contributed by atoms with van der Waals surface area (Å²) in [7, 11) is -0.960. The van der Waals surface area contributed by atoms with E-state index in [9.17, 15) is 13.2 Å². The molecule has 0 heterocycles. The van der Waals surface area contributed by atoms with E-state index in [1.807, 2.05) is 42.5 Å². The Kier molecular flexibility index (Phi) is 6.26. The molecule has 0 unspecified atom stereocenters. The van der Waals surface area contributed by atoms with Crippen LogP contribution in [0.5, 0.6) is 5.75 Å². The number of hydrogen-bond donors (Lipinski definition) is 1. The zero-order valence-corrected chi connectivity index (χ0v) is 16.9. The maximum Gasteiger partial charge on any atom is 0.255 e. The molecule has 29 heavy (non-hydrogen) atoms. The predicted octanol–water partition coefficient (Wildman–Crippen LogP) is 2.62. The van der Waals surface area contributed by atoms with Gasteiger partial charge in [0.15, 0.2) is 0 Å². The van der Waals surface area contributed by atoms with E-state index in [1.54, 1.807) is 12.1 Å². The van der Waals surface area contributed by atoms with E-state index >= 15 is 0 Å². The molecule has 0 radical (unpaired) electrons. The van der Waals surface area contributed by atoms with Gasteiger partial charge in [-0.15, -0.1) is 0 Å². The fourth-order valence-electron chi connectivity index (χ4n) is 2.79. The predicted molar refractivity (Wildman–Crippen MR) is 112 cm³/mol. The van der Waals surface area contributed by atoms with Gasteiger partial charge in [-0.05, 0) is 35.0 Å². The molecule has 0 fully saturated rings. The summed E-state index contributed by atoms with van der Waals surface area (Å²) in [6.45, 7) is -0.360. The van der Waals surface area contributed by atoms with Crippen LogP contribution in [-0.4, -0.2) is 45.5 Å². The van der Waals surface area contributed by atoms with Crippen LogP contribution in [-0.2, 0) is 14.8 Å². The summed E-state index contributed by atoms with van der Waals surface area (Å²) in [5, 5.41) is 6.03. The summed E-state index contributed by atoms with van der Waals surface area (Å²) in [5.74, 6) is 0.00759. The first-order chi connectivity index (χ1) is 13.9. The highest BCUT2D eigenvalue weighted by molar-refractivity contribution is 7.89. The second-order valence-corrected chi connectivity index (χ2v) is 8.34. The fraction of sp³-hybridized carbons (Fsp3) is 0.143. The summed E-state index contributed by atoms with van der Waals surface area (Å²) < 4.78 is 31.1. The van der Waals surface area contributed by atoms with Crippen LogP contribution in [0.2, 0.25) is 0 Å². The number of ether oxygens (including phenoxy) is 1. The number of hydrazone groups is 1. The molecule has 3 aromatic carbocycles. The number of sulfonamides is 1. The van der Waals surface area contributed by atoms with Crippen molar-refractivity contribution in [2.75, 3.05) is 20.7 Å². The number of amides is 1. The minimum atomic E-state index is -3.80. The third-order valence-corrected chi connectivity index (χ3v) is 6.17. The molecule has 0 aliphatic rings. The van der Waals surface area contributed by atoms with Gasteiger partial charge in [-0.3, -0.25) is 4.79 Å². The maximum atomic E-state index is 12.6. The molecule has 0 aliphatic heterocycles. The summed E-state index contributed by atoms with van der Waals surface area (Å²) in [5.41, 5.74) is 3.22. The molecule has 3 rings (SSSR count). The number of carbonyl (C=O) groups excluding carboxylic acids is 1. The van der Waals surface area contributed by atoms with Crippen LogP contribution < -0.4 is 10.2 Å². The molecule has 0 saturated carbocycles. The van der Waals surface area contributed by atoms with Crippen molar-refractivity contribution in [3.8, 4) is 5.75 Å². The van der Waals surface area contributed by atoms with Gasteiger partial charge in [-0.1, -0.05) is 42.5 Å². The lowest BCUT2D eigenvalue weighted by Crippen LogP contribution is -2.36. The summed E-state index contributed by atoms with van der Waals surface area (Å²) >= 11 is 0. The number of benzene rings is 3. The van der Waals surface area contributed by atoms with Crippen molar-refractivity contribution in [3.63, 3.8) is 0 Å². The molecular weight excluding hydrogens is 390 g/mol. The highest BCUT2D eigenvalue weighted by Crippen LogP contribution is 2.18. The van der Waals surface area contributed by atoms with Gasteiger partial charge in [0.05, 0.1) is 24.8 Å². The van der Waals surface area contributed by atoms with Gasteiger partial charge in [0.25, 0.3) is 5.91 Å². The summed E-state index contributed by atoms with van der Waals surface area (Å²) in [4.78, 5) is 12.2. The third kappa shape index (κ3) is 4.79. The van der Waals surface area contributed by atoms with Gasteiger partial charge in [0, 0.05) is 12.6 Å². The Morgan fingerprint density at radius 1 is 1.07 bits per heavy atom. The minimum Gasteiger partial charge on any atom is -0.497 e. The van der Waals surface area contributed by atoms with E-state index in [0.717, 1.165) is 20.6 Å². The largest absolute Gasteiger partial charge is 0.497 e. The van der Waals surface area contributed by atoms with Crippen LogP contribution in [0.15, 0.2) is 76.7 Å². The topological polar surface area (TPSA) is 88.1 Å². The zero-order chi connectivity index (χ0) is 20.9. The molecule has 0 atom stereocenters. The van der Waals surface area contributed by atoms with Crippen molar-refractivity contribution >= 4 is 32.9 Å². The smallest absolute Gasteiger partial charge is 0.255 e. The van der Waals surface area contributed by atoms with Crippen LogP contribution in [0.3, 0.4) is 0 Å². The normalized spacial score (nSPS) is 11.8. The van der Waals surface area contributed by atoms with Crippen LogP contribution in [0.25, 0.3) is 10.8 Å². The van der Waals surface area contributed by atoms with E-state index in [0.29, 0.717) is 5.75 Å². The van der Waals surface area contributed by atoms with Gasteiger partial charge in [-0.25, -0.2) is 13.8 Å². The monoisotopic (exact) mass is 411 g/mol. The Morgan fingerprint density at radius 2 is 1.76 bits per heavy atom. The number of nitrogens with one attached hydrogen (secondary N) is 1. The summed E-state index contributed by atoms with van der Waals surface area (Å²) in [6, 6.07) is 19.6. The molecule has 1 N–H and O–H groups in total. The highest BCUT2D eigenvalue weighted by atomic mass is 32.2. The average molecular weight is 411 g/mol. The van der Waals surface area contributed by atoms with Gasteiger partial charge >= 0.3 is 0 Å². The van der Waals surface area contributed by atoms with Crippen LogP contribution >= 0.6 is 0 Å². The van der Waals surface area contributed by atoms with Crippen molar-refractivity contribution in [3.05, 3.63) is 72.3 Å². The molecule has 150 valence electrons. The first kappa shape index (κ1) is 20.5. The fourth-order valence-corrected chi connectivity index (χ4v) is 3.91. The molecule has 0 saturated heterocycles. The van der Waals surface area contributed by atoms with Gasteiger partial charge in [0.1, 0.15) is 5.75 Å². The van der Waals surface area contributed by atoms with Crippen LogP contribution in [0.4, 0.5) is 0 Å². The van der Waals surface area contributed by atoms with E-state index in [4.69, 9.17) is 4.74 Å². The maximum absolute atomic E-state index is 12.6. The second kappa shape index (κ2) is 8.85. The Balaban J connectivity index is 1.64. The number of carbonyl (C=O) groups is 1. The van der Waals surface area contributed by atoms with E-state index < -0.39 is 15.9 Å². The minimum absolute atomic E-state index is 0.0767. The Bertz CT molecular complexity index is 1140.